The highest BCUT2D eigenvalue weighted by atomic mass is 16.1. The van der Waals surface area contributed by atoms with E-state index in [1.165, 1.54) is 17.9 Å². The van der Waals surface area contributed by atoms with E-state index in [0.717, 1.165) is 11.1 Å². The van der Waals surface area contributed by atoms with Crippen LogP contribution in [0.1, 0.15) is 32.3 Å². The lowest BCUT2D eigenvalue weighted by Crippen LogP contribution is -2.06. The molecule has 0 spiro atoms. The molecule has 0 bridgehead atoms. The molecule has 0 aliphatic carbocycles. The summed E-state index contributed by atoms with van der Waals surface area (Å²) in [6, 6.07) is 12.3. The maximum atomic E-state index is 11.2. The molecule has 2 heteroatoms. The first-order valence-electron chi connectivity index (χ1n) is 5.89. The second-order valence-electron chi connectivity index (χ2n) is 4.58. The van der Waals surface area contributed by atoms with Crippen LogP contribution in [-0.2, 0) is 4.79 Å². The molecule has 0 atom stereocenters. The lowest BCUT2D eigenvalue weighted by atomic mass is 9.95. The van der Waals surface area contributed by atoms with Gasteiger partial charge in [-0.1, -0.05) is 44.2 Å². The molecule has 2 aromatic rings. The number of benzene rings is 2. The summed E-state index contributed by atoms with van der Waals surface area (Å²) in [5, 5.41) is 5.20. The number of rotatable bonds is 2. The molecule has 0 saturated heterocycles. The van der Waals surface area contributed by atoms with E-state index in [1.807, 2.05) is 24.3 Å². The topological polar surface area (TPSA) is 29.1 Å². The van der Waals surface area contributed by atoms with Crippen LogP contribution in [0.25, 0.3) is 10.8 Å². The van der Waals surface area contributed by atoms with Gasteiger partial charge >= 0.3 is 0 Å². The van der Waals surface area contributed by atoms with Gasteiger partial charge in [0.05, 0.1) is 0 Å². The molecule has 0 aliphatic rings. The average molecular weight is 227 g/mol. The minimum absolute atomic E-state index is 0.0348. The fourth-order valence-electron chi connectivity index (χ4n) is 2.14. The van der Waals surface area contributed by atoms with Crippen molar-refractivity contribution in [3.63, 3.8) is 0 Å². The van der Waals surface area contributed by atoms with Gasteiger partial charge < -0.3 is 5.32 Å². The third-order valence-corrected chi connectivity index (χ3v) is 2.89. The van der Waals surface area contributed by atoms with Gasteiger partial charge in [0.2, 0.25) is 5.91 Å². The summed E-state index contributed by atoms with van der Waals surface area (Å²) in [7, 11) is 0. The van der Waals surface area contributed by atoms with Gasteiger partial charge in [0.1, 0.15) is 0 Å². The summed E-state index contributed by atoms with van der Waals surface area (Å²) in [6.07, 6.45) is 0. The first-order chi connectivity index (χ1) is 8.09. The highest BCUT2D eigenvalue weighted by molar-refractivity contribution is 6.02. The van der Waals surface area contributed by atoms with Crippen LogP contribution in [0.3, 0.4) is 0 Å². The molecule has 0 unspecified atom stereocenters. The molecular formula is C15H17NO. The van der Waals surface area contributed by atoms with E-state index in [4.69, 9.17) is 0 Å². The predicted molar refractivity (Wildman–Crippen MR) is 72.3 cm³/mol. The van der Waals surface area contributed by atoms with Crippen LogP contribution in [0.4, 0.5) is 5.69 Å². The SMILES string of the molecule is CC(=O)Nc1cccc2c(C(C)C)cccc12. The number of anilines is 1. The first kappa shape index (κ1) is 11.6. The first-order valence-corrected chi connectivity index (χ1v) is 5.89. The minimum atomic E-state index is -0.0348. The van der Waals surface area contributed by atoms with Crippen molar-refractivity contribution in [1.82, 2.24) is 0 Å². The Balaban J connectivity index is 2.65. The Morgan fingerprint density at radius 2 is 1.71 bits per heavy atom. The van der Waals surface area contributed by atoms with E-state index in [9.17, 15) is 4.79 Å². The van der Waals surface area contributed by atoms with Gasteiger partial charge in [-0.25, -0.2) is 0 Å². The highest BCUT2D eigenvalue weighted by Crippen LogP contribution is 2.29. The quantitative estimate of drug-likeness (QED) is 0.827. The molecule has 0 aromatic heterocycles. The Labute approximate surface area is 102 Å². The number of carbonyl (C=O) groups excluding carboxylic acids is 1. The van der Waals surface area contributed by atoms with E-state index >= 15 is 0 Å². The van der Waals surface area contributed by atoms with Crippen molar-refractivity contribution in [3.05, 3.63) is 42.0 Å². The summed E-state index contributed by atoms with van der Waals surface area (Å²) in [6.45, 7) is 5.89. The molecule has 1 N–H and O–H groups in total. The molecule has 0 aliphatic heterocycles. The van der Waals surface area contributed by atoms with Gasteiger partial charge in [-0.3, -0.25) is 4.79 Å². The molecule has 2 rings (SSSR count). The zero-order chi connectivity index (χ0) is 12.4. The summed E-state index contributed by atoms with van der Waals surface area (Å²) in [5.41, 5.74) is 2.20. The fourth-order valence-corrected chi connectivity index (χ4v) is 2.14. The van der Waals surface area contributed by atoms with Crippen LogP contribution < -0.4 is 5.32 Å². The lowest BCUT2D eigenvalue weighted by Gasteiger charge is -2.12. The number of amides is 1. The second-order valence-corrected chi connectivity index (χ2v) is 4.58. The zero-order valence-corrected chi connectivity index (χ0v) is 10.4. The van der Waals surface area contributed by atoms with E-state index in [-0.39, 0.29) is 5.91 Å². The van der Waals surface area contributed by atoms with E-state index in [1.54, 1.807) is 0 Å². The second kappa shape index (κ2) is 4.58. The van der Waals surface area contributed by atoms with Gasteiger partial charge in [0.25, 0.3) is 0 Å². The summed E-state index contributed by atoms with van der Waals surface area (Å²) >= 11 is 0. The lowest BCUT2D eigenvalue weighted by molar-refractivity contribution is -0.114. The monoisotopic (exact) mass is 227 g/mol. The van der Waals surface area contributed by atoms with Gasteiger partial charge in [0.15, 0.2) is 0 Å². The molecule has 1 amide bonds. The standard InChI is InChI=1S/C15H17NO/c1-10(2)12-6-4-8-14-13(12)7-5-9-15(14)16-11(3)17/h4-10H,1-3H3,(H,16,17). The van der Waals surface area contributed by atoms with Crippen LogP contribution >= 0.6 is 0 Å². The molecule has 0 heterocycles. The largest absolute Gasteiger partial charge is 0.326 e. The van der Waals surface area contributed by atoms with Crippen molar-refractivity contribution in [2.24, 2.45) is 0 Å². The van der Waals surface area contributed by atoms with Crippen molar-refractivity contribution in [1.29, 1.82) is 0 Å². The molecule has 0 saturated carbocycles. The van der Waals surface area contributed by atoms with Crippen LogP contribution in [-0.4, -0.2) is 5.91 Å². The van der Waals surface area contributed by atoms with Crippen molar-refractivity contribution >= 4 is 22.4 Å². The number of fused-ring (bicyclic) bond motifs is 1. The van der Waals surface area contributed by atoms with Crippen molar-refractivity contribution in [3.8, 4) is 0 Å². The maximum Gasteiger partial charge on any atom is 0.221 e. The van der Waals surface area contributed by atoms with Crippen LogP contribution in [0.2, 0.25) is 0 Å². The van der Waals surface area contributed by atoms with Gasteiger partial charge in [-0.15, -0.1) is 0 Å². The van der Waals surface area contributed by atoms with Gasteiger partial charge in [0, 0.05) is 18.0 Å². The van der Waals surface area contributed by atoms with Crippen LogP contribution in [0.5, 0.6) is 0 Å². The number of carbonyl (C=O) groups is 1. The van der Waals surface area contributed by atoms with Crippen LogP contribution in [0.15, 0.2) is 36.4 Å². The van der Waals surface area contributed by atoms with Gasteiger partial charge in [-0.2, -0.15) is 0 Å². The Kier molecular flexibility index (Phi) is 3.14. The Morgan fingerprint density at radius 3 is 2.35 bits per heavy atom. The van der Waals surface area contributed by atoms with Crippen molar-refractivity contribution < 1.29 is 4.79 Å². The smallest absolute Gasteiger partial charge is 0.221 e. The van der Waals surface area contributed by atoms with E-state index in [2.05, 4.69) is 31.3 Å². The highest BCUT2D eigenvalue weighted by Gasteiger charge is 2.07. The molecule has 0 fully saturated rings. The zero-order valence-electron chi connectivity index (χ0n) is 10.4. The summed E-state index contributed by atoms with van der Waals surface area (Å²) in [5.74, 6) is 0.443. The van der Waals surface area contributed by atoms with Gasteiger partial charge in [-0.05, 0) is 22.9 Å². The predicted octanol–water partition coefficient (Wildman–Crippen LogP) is 3.92. The van der Waals surface area contributed by atoms with E-state index in [0.29, 0.717) is 5.92 Å². The summed E-state index contributed by atoms with van der Waals surface area (Å²) < 4.78 is 0. The Bertz CT molecular complexity index is 558. The van der Waals surface area contributed by atoms with E-state index < -0.39 is 0 Å². The molecular weight excluding hydrogens is 210 g/mol. The van der Waals surface area contributed by atoms with Crippen LogP contribution in [0, 0.1) is 0 Å². The Morgan fingerprint density at radius 1 is 1.06 bits per heavy atom. The molecule has 2 nitrogen and oxygen atoms in total. The minimum Gasteiger partial charge on any atom is -0.326 e. The maximum absolute atomic E-state index is 11.2. The van der Waals surface area contributed by atoms with Crippen molar-refractivity contribution in [2.45, 2.75) is 26.7 Å². The number of hydrogen-bond acceptors (Lipinski definition) is 1. The Hall–Kier alpha value is -1.83. The molecule has 0 radical (unpaired) electrons. The average Bonchev–Trinajstić information content (AvgIpc) is 2.28. The normalized spacial score (nSPS) is 10.8. The fraction of sp³-hybridized carbons (Fsp3) is 0.267. The third-order valence-electron chi connectivity index (χ3n) is 2.89. The molecule has 17 heavy (non-hydrogen) atoms. The number of nitrogens with one attached hydrogen (secondary N) is 1. The number of hydrogen-bond donors (Lipinski definition) is 1. The summed E-state index contributed by atoms with van der Waals surface area (Å²) in [4.78, 5) is 11.2. The van der Waals surface area contributed by atoms with Crippen molar-refractivity contribution in [2.75, 3.05) is 5.32 Å². The molecule has 88 valence electrons. The third kappa shape index (κ3) is 2.31. The molecule has 2 aromatic carbocycles.